The minimum Gasteiger partial charge on any atom is -0.406 e. The highest BCUT2D eigenvalue weighted by molar-refractivity contribution is 7.92. The van der Waals surface area contributed by atoms with Gasteiger partial charge in [-0.2, -0.15) is 0 Å². The van der Waals surface area contributed by atoms with Crippen LogP contribution in [0.3, 0.4) is 0 Å². The fraction of sp³-hybridized carbons (Fsp3) is 0.311. The maximum absolute atomic E-state index is 16.9. The number of thiazole rings is 1. The number of nitrogens with zero attached hydrogens (tertiary/aromatic N) is 4. The van der Waals surface area contributed by atoms with Crippen LogP contribution in [0.15, 0.2) is 114 Å². The summed E-state index contributed by atoms with van der Waals surface area (Å²) in [6.07, 6.45) is 3.80. The first-order valence-electron chi connectivity index (χ1n) is 20.3. The molecule has 3 heterocycles. The van der Waals surface area contributed by atoms with Crippen molar-refractivity contribution in [2.24, 2.45) is 0 Å². The molecule has 0 amide bonds. The summed E-state index contributed by atoms with van der Waals surface area (Å²) in [6.45, 7) is 11.4. The zero-order valence-corrected chi connectivity index (χ0v) is 39.1. The fourth-order valence-corrected chi connectivity index (χ4v) is 15.8. The minimum atomic E-state index is -4.92. The Morgan fingerprint density at radius 2 is 1.38 bits per heavy atom. The second-order valence-electron chi connectivity index (χ2n) is 17.2. The summed E-state index contributed by atoms with van der Waals surface area (Å²) < 4.78 is 108. The van der Waals surface area contributed by atoms with Crippen molar-refractivity contribution >= 4 is 61.7 Å². The van der Waals surface area contributed by atoms with Gasteiger partial charge in [0.05, 0.1) is 28.2 Å². The molecule has 0 unspecified atom stereocenters. The van der Waals surface area contributed by atoms with E-state index in [1.807, 2.05) is 55.0 Å². The van der Waals surface area contributed by atoms with Crippen molar-refractivity contribution in [3.05, 3.63) is 132 Å². The molecule has 11 nitrogen and oxygen atoms in total. The van der Waals surface area contributed by atoms with Gasteiger partial charge >= 0.3 is 0 Å². The van der Waals surface area contributed by atoms with Gasteiger partial charge in [-0.15, -0.1) is 11.3 Å². The largest absolute Gasteiger partial charge is 0.406 e. The summed E-state index contributed by atoms with van der Waals surface area (Å²) in [6, 6.07) is 28.6. The summed E-state index contributed by atoms with van der Waals surface area (Å²) in [4.78, 5) is 13.5. The number of nitrogens with one attached hydrogen (secondary N) is 2. The van der Waals surface area contributed by atoms with E-state index in [0.717, 1.165) is 34.6 Å². The lowest BCUT2D eigenvalue weighted by Crippen LogP contribution is -2.67. The number of hydrogen-bond acceptors (Lipinski definition) is 10. The Bertz CT molecular complexity index is 2760. The molecule has 2 aromatic heterocycles. The molecule has 1 fully saturated rings. The number of benzene rings is 4. The van der Waals surface area contributed by atoms with Crippen molar-refractivity contribution in [2.45, 2.75) is 68.9 Å². The Morgan fingerprint density at radius 1 is 0.794 bits per heavy atom. The number of piperidine rings is 1. The smallest absolute Gasteiger partial charge is 0.267 e. The summed E-state index contributed by atoms with van der Waals surface area (Å²) in [5.74, 6) is -3.42. The molecule has 0 aliphatic carbocycles. The van der Waals surface area contributed by atoms with E-state index in [2.05, 4.69) is 55.3 Å². The highest BCUT2D eigenvalue weighted by Gasteiger charge is 2.51. The normalized spacial score (nSPS) is 14.7. The van der Waals surface area contributed by atoms with Crippen molar-refractivity contribution < 1.29 is 34.4 Å². The van der Waals surface area contributed by atoms with Gasteiger partial charge < -0.3 is 9.74 Å². The number of halogens is 3. The van der Waals surface area contributed by atoms with Crippen LogP contribution < -0.4 is 20.4 Å². The molecule has 4 aromatic carbocycles. The molecular weight excluding hydrogens is 886 g/mol. The lowest BCUT2D eigenvalue weighted by Gasteiger charge is -2.44. The van der Waals surface area contributed by atoms with Crippen molar-refractivity contribution in [3.63, 3.8) is 0 Å². The molecule has 0 spiro atoms. The molecule has 0 bridgehead atoms. The maximum atomic E-state index is 16.9. The maximum Gasteiger partial charge on any atom is 0.267 e. The lowest BCUT2D eigenvalue weighted by atomic mass is 9.96. The van der Waals surface area contributed by atoms with Gasteiger partial charge in [0.15, 0.2) is 10.7 Å². The molecule has 6 aromatic rings. The average Bonchev–Trinajstić information content (AvgIpc) is 3.69. The Morgan fingerprint density at radius 3 is 1.95 bits per heavy atom. The Labute approximate surface area is 372 Å². The molecule has 63 heavy (non-hydrogen) atoms. The quantitative estimate of drug-likeness (QED) is 0.103. The molecule has 0 atom stereocenters. The minimum absolute atomic E-state index is 0.0910. The third kappa shape index (κ3) is 9.61. The molecular formula is C45H49F3N6O5S3Si. The van der Waals surface area contributed by atoms with Gasteiger partial charge in [0, 0.05) is 42.9 Å². The Balaban J connectivity index is 1.30. The first-order chi connectivity index (χ1) is 29.7. The van der Waals surface area contributed by atoms with E-state index in [1.165, 1.54) is 34.0 Å². The molecule has 1 aliphatic rings. The molecule has 18 heteroatoms. The van der Waals surface area contributed by atoms with Gasteiger partial charge in [-0.25, -0.2) is 49.3 Å². The van der Waals surface area contributed by atoms with Crippen LogP contribution in [0, 0.1) is 17.5 Å². The average molecular weight is 935 g/mol. The molecule has 0 saturated carbocycles. The summed E-state index contributed by atoms with van der Waals surface area (Å²) >= 11 is 1.28. The van der Waals surface area contributed by atoms with Crippen LogP contribution in [0.1, 0.15) is 52.5 Å². The van der Waals surface area contributed by atoms with Gasteiger partial charge in [-0.1, -0.05) is 107 Å². The van der Waals surface area contributed by atoms with E-state index in [0.29, 0.717) is 41.5 Å². The van der Waals surface area contributed by atoms with E-state index in [1.54, 1.807) is 12.3 Å². The van der Waals surface area contributed by atoms with Gasteiger partial charge in [0.2, 0.25) is 16.0 Å². The van der Waals surface area contributed by atoms with Crippen LogP contribution >= 0.6 is 11.3 Å². The van der Waals surface area contributed by atoms with Crippen LogP contribution in [-0.4, -0.2) is 76.4 Å². The van der Waals surface area contributed by atoms with Crippen molar-refractivity contribution in [1.29, 1.82) is 0 Å². The molecule has 1 saturated heterocycles. The third-order valence-electron chi connectivity index (χ3n) is 11.1. The number of aromatic nitrogens is 3. The van der Waals surface area contributed by atoms with Crippen LogP contribution in [0.4, 0.5) is 24.8 Å². The number of rotatable bonds is 14. The Kier molecular flexibility index (Phi) is 13.1. The predicted molar refractivity (Wildman–Crippen MR) is 245 cm³/mol. The SMILES string of the molecule is CC(C)(CO[Si](c1ccccc1)(c1ccccc1)C(C)(C)C)c1nc(-c2cccc(NS(=O)(=O)c3c(F)cccc3F)c2F)c(-c2ccnc(NC3CCN(S(C)(=O)=O)CC3)n2)s1. The van der Waals surface area contributed by atoms with Crippen molar-refractivity contribution in [3.8, 4) is 21.8 Å². The van der Waals surface area contributed by atoms with Gasteiger partial charge in [0.25, 0.3) is 18.3 Å². The zero-order valence-electron chi connectivity index (χ0n) is 35.7. The number of sulfonamides is 2. The van der Waals surface area contributed by atoms with Crippen molar-refractivity contribution in [1.82, 2.24) is 19.3 Å². The summed E-state index contributed by atoms with van der Waals surface area (Å²) in [7, 11) is -11.3. The molecule has 332 valence electrons. The second-order valence-corrected chi connectivity index (χ2v) is 26.1. The van der Waals surface area contributed by atoms with E-state index in [4.69, 9.17) is 14.4 Å². The van der Waals surface area contributed by atoms with Crippen LogP contribution in [0.25, 0.3) is 21.8 Å². The van der Waals surface area contributed by atoms with E-state index in [9.17, 15) is 25.6 Å². The second kappa shape index (κ2) is 17.9. The predicted octanol–water partition coefficient (Wildman–Crippen LogP) is 8.18. The molecule has 2 N–H and O–H groups in total. The standard InChI is InChI=1S/C45H49F3N6O5S3Si/c1-44(2,3)63(31-15-9-7-10-16-31,32-17-11-8-12-18-32)59-29-45(4,5)42-52-39(33-19-13-22-36(38(33)48)53-62(57,58)41-34(46)20-14-21-35(41)47)40(60-42)37-23-26-49-43(51-37)50-30-24-27-54(28-25-30)61(6,55)56/h7-23,26,30,53H,24-25,27-29H2,1-6H3,(H,49,50,51). The molecule has 7 rings (SSSR count). The third-order valence-corrected chi connectivity index (χ3v) is 20.2. The fourth-order valence-electron chi connectivity index (χ4n) is 7.88. The first kappa shape index (κ1) is 46.0. The monoisotopic (exact) mass is 934 g/mol. The highest BCUT2D eigenvalue weighted by Crippen LogP contribution is 2.44. The Hall–Kier alpha value is -4.98. The van der Waals surface area contributed by atoms with Gasteiger partial charge in [0.1, 0.15) is 16.6 Å². The van der Waals surface area contributed by atoms with Gasteiger partial charge in [-0.3, -0.25) is 4.72 Å². The van der Waals surface area contributed by atoms with E-state index in [-0.39, 0.29) is 34.9 Å². The van der Waals surface area contributed by atoms with Crippen LogP contribution in [-0.2, 0) is 29.9 Å². The topological polar surface area (TPSA) is 143 Å². The lowest BCUT2D eigenvalue weighted by molar-refractivity contribution is 0.226. The number of anilines is 2. The van der Waals surface area contributed by atoms with Gasteiger partial charge in [-0.05, 0) is 58.6 Å². The summed E-state index contributed by atoms with van der Waals surface area (Å²) in [5, 5.41) is 5.77. The van der Waals surface area contributed by atoms with Crippen LogP contribution in [0.5, 0.6) is 0 Å². The van der Waals surface area contributed by atoms with E-state index < -0.39 is 61.8 Å². The number of hydrogen-bond donors (Lipinski definition) is 2. The van der Waals surface area contributed by atoms with Crippen molar-refractivity contribution in [2.75, 3.05) is 36.0 Å². The first-order valence-corrected chi connectivity index (χ1v) is 26.3. The van der Waals surface area contributed by atoms with E-state index >= 15 is 4.39 Å². The summed E-state index contributed by atoms with van der Waals surface area (Å²) in [5.41, 5.74) is -0.885. The highest BCUT2D eigenvalue weighted by atomic mass is 32.2. The molecule has 1 aliphatic heterocycles. The molecule has 0 radical (unpaired) electrons. The van der Waals surface area contributed by atoms with Crippen LogP contribution in [0.2, 0.25) is 5.04 Å². The zero-order chi connectivity index (χ0) is 45.4.